The molecular formula is C12H10BrClFNS. The molecule has 1 heterocycles. The van der Waals surface area contributed by atoms with Gasteiger partial charge < -0.3 is 5.32 Å². The van der Waals surface area contributed by atoms with E-state index in [1.165, 1.54) is 10.9 Å². The lowest BCUT2D eigenvalue weighted by atomic mass is 10.2. The van der Waals surface area contributed by atoms with Gasteiger partial charge in [-0.1, -0.05) is 23.7 Å². The third-order valence-corrected chi connectivity index (χ3v) is 4.32. The molecule has 1 nitrogen and oxygen atoms in total. The predicted molar refractivity (Wildman–Crippen MR) is 74.0 cm³/mol. The van der Waals surface area contributed by atoms with Crippen LogP contribution in [-0.4, -0.2) is 0 Å². The third-order valence-electron chi connectivity index (χ3n) is 2.28. The van der Waals surface area contributed by atoms with E-state index in [-0.39, 0.29) is 10.8 Å². The molecule has 1 aromatic heterocycles. The Morgan fingerprint density at radius 3 is 2.76 bits per heavy atom. The fourth-order valence-electron chi connectivity index (χ4n) is 1.45. The molecule has 0 saturated heterocycles. The number of hydrogen-bond acceptors (Lipinski definition) is 2. The van der Waals surface area contributed by atoms with E-state index < -0.39 is 0 Å². The van der Waals surface area contributed by atoms with Crippen LogP contribution in [0.1, 0.15) is 10.4 Å². The van der Waals surface area contributed by atoms with Crippen molar-refractivity contribution in [3.8, 4) is 0 Å². The van der Waals surface area contributed by atoms with Crippen LogP contribution >= 0.6 is 38.9 Å². The quantitative estimate of drug-likeness (QED) is 0.862. The lowest BCUT2D eigenvalue weighted by Crippen LogP contribution is -2.12. The monoisotopic (exact) mass is 333 g/mol. The zero-order valence-electron chi connectivity index (χ0n) is 8.84. The third kappa shape index (κ3) is 3.52. The van der Waals surface area contributed by atoms with Crippen molar-refractivity contribution in [1.29, 1.82) is 0 Å². The summed E-state index contributed by atoms with van der Waals surface area (Å²) < 4.78 is 14.3. The molecule has 0 unspecified atom stereocenters. The molecule has 1 N–H and O–H groups in total. The van der Waals surface area contributed by atoms with Crippen LogP contribution in [-0.2, 0) is 13.1 Å². The zero-order valence-corrected chi connectivity index (χ0v) is 12.0. The molecule has 0 bridgehead atoms. The molecule has 90 valence electrons. The first kappa shape index (κ1) is 13.0. The number of nitrogens with one attached hydrogen (secondary N) is 1. The average Bonchev–Trinajstić information content (AvgIpc) is 2.70. The van der Waals surface area contributed by atoms with Crippen molar-refractivity contribution in [2.75, 3.05) is 0 Å². The molecule has 0 aliphatic rings. The Balaban J connectivity index is 1.92. The van der Waals surface area contributed by atoms with Crippen molar-refractivity contribution in [3.63, 3.8) is 0 Å². The van der Waals surface area contributed by atoms with Gasteiger partial charge in [0.25, 0.3) is 0 Å². The zero-order chi connectivity index (χ0) is 12.3. The maximum Gasteiger partial charge on any atom is 0.142 e. The summed E-state index contributed by atoms with van der Waals surface area (Å²) in [7, 11) is 0. The molecule has 0 atom stereocenters. The molecule has 0 amide bonds. The van der Waals surface area contributed by atoms with Gasteiger partial charge in [0.1, 0.15) is 5.82 Å². The number of thiophene rings is 1. The lowest BCUT2D eigenvalue weighted by Gasteiger charge is -2.06. The largest absolute Gasteiger partial charge is 0.308 e. The molecule has 2 rings (SSSR count). The van der Waals surface area contributed by atoms with E-state index in [0.717, 1.165) is 15.9 Å². The van der Waals surface area contributed by atoms with E-state index in [0.29, 0.717) is 6.54 Å². The molecule has 2 aromatic rings. The Labute approximate surface area is 117 Å². The first-order valence-electron chi connectivity index (χ1n) is 5.04. The number of halogens is 3. The smallest absolute Gasteiger partial charge is 0.142 e. The second-order valence-corrected chi connectivity index (χ2v) is 6.45. The Kier molecular flexibility index (Phi) is 4.56. The topological polar surface area (TPSA) is 12.0 Å². The molecule has 1 aromatic carbocycles. The van der Waals surface area contributed by atoms with Gasteiger partial charge in [-0.3, -0.25) is 0 Å². The highest BCUT2D eigenvalue weighted by Crippen LogP contribution is 2.22. The number of benzene rings is 1. The summed E-state index contributed by atoms with van der Waals surface area (Å²) in [6.07, 6.45) is 0. The highest BCUT2D eigenvalue weighted by atomic mass is 79.9. The Morgan fingerprint density at radius 2 is 2.06 bits per heavy atom. The summed E-state index contributed by atoms with van der Waals surface area (Å²) in [5, 5.41) is 3.44. The normalized spacial score (nSPS) is 10.8. The average molecular weight is 335 g/mol. The minimum absolute atomic E-state index is 0.201. The van der Waals surface area contributed by atoms with Gasteiger partial charge in [0.15, 0.2) is 0 Å². The summed E-state index contributed by atoms with van der Waals surface area (Å²) in [6, 6.07) is 8.91. The summed E-state index contributed by atoms with van der Waals surface area (Å²) in [6.45, 7) is 1.31. The minimum Gasteiger partial charge on any atom is -0.308 e. The highest BCUT2D eigenvalue weighted by Gasteiger charge is 2.05. The number of rotatable bonds is 4. The fourth-order valence-corrected chi connectivity index (χ4v) is 3.10. The van der Waals surface area contributed by atoms with Crippen LogP contribution in [0.5, 0.6) is 0 Å². The Bertz CT molecular complexity index is 515. The summed E-state index contributed by atoms with van der Waals surface area (Å²) in [4.78, 5) is 1.23. The maximum absolute atomic E-state index is 13.2. The van der Waals surface area contributed by atoms with E-state index >= 15 is 0 Å². The van der Waals surface area contributed by atoms with Crippen LogP contribution in [0.25, 0.3) is 0 Å². The van der Waals surface area contributed by atoms with Crippen LogP contribution in [0, 0.1) is 5.82 Å². The van der Waals surface area contributed by atoms with Gasteiger partial charge in [-0.25, -0.2) is 4.39 Å². The van der Waals surface area contributed by atoms with Crippen LogP contribution in [0.3, 0.4) is 0 Å². The van der Waals surface area contributed by atoms with Crippen molar-refractivity contribution in [3.05, 3.63) is 55.4 Å². The summed E-state index contributed by atoms with van der Waals surface area (Å²) in [5.41, 5.74) is 0.780. The minimum atomic E-state index is -0.371. The molecule has 0 saturated carbocycles. The van der Waals surface area contributed by atoms with Crippen molar-refractivity contribution >= 4 is 38.9 Å². The fraction of sp³-hybridized carbons (Fsp3) is 0.167. The summed E-state index contributed by atoms with van der Waals surface area (Å²) >= 11 is 10.9. The van der Waals surface area contributed by atoms with Gasteiger partial charge in [-0.15, -0.1) is 11.3 Å². The van der Waals surface area contributed by atoms with Crippen LogP contribution < -0.4 is 5.32 Å². The summed E-state index contributed by atoms with van der Waals surface area (Å²) in [5.74, 6) is -0.371. The van der Waals surface area contributed by atoms with Crippen molar-refractivity contribution < 1.29 is 4.39 Å². The van der Waals surface area contributed by atoms with E-state index in [9.17, 15) is 4.39 Å². The molecule has 0 aliphatic heterocycles. The van der Waals surface area contributed by atoms with Crippen LogP contribution in [0.4, 0.5) is 4.39 Å². The number of hydrogen-bond donors (Lipinski definition) is 1. The van der Waals surface area contributed by atoms with Gasteiger partial charge in [-0.2, -0.15) is 0 Å². The van der Waals surface area contributed by atoms with E-state index in [2.05, 4.69) is 27.3 Å². The first-order chi connectivity index (χ1) is 8.16. The van der Waals surface area contributed by atoms with Crippen molar-refractivity contribution in [2.45, 2.75) is 13.1 Å². The van der Waals surface area contributed by atoms with E-state index in [4.69, 9.17) is 11.6 Å². The molecule has 17 heavy (non-hydrogen) atoms. The van der Waals surface area contributed by atoms with Gasteiger partial charge in [-0.05, 0) is 39.7 Å². The SMILES string of the molecule is Fc1cccc(CNCc2ccc(Br)s2)c1Cl. The standard InChI is InChI=1S/C12H10BrClFNS/c13-11-5-4-9(17-11)7-16-6-8-2-1-3-10(15)12(8)14/h1-5,16H,6-7H2. The van der Waals surface area contributed by atoms with Gasteiger partial charge >= 0.3 is 0 Å². The van der Waals surface area contributed by atoms with E-state index in [1.54, 1.807) is 17.4 Å². The second kappa shape index (κ2) is 5.96. The Hall–Kier alpha value is -0.420. The van der Waals surface area contributed by atoms with Crippen LogP contribution in [0.15, 0.2) is 34.1 Å². The molecule has 0 spiro atoms. The van der Waals surface area contributed by atoms with Crippen LogP contribution in [0.2, 0.25) is 5.02 Å². The second-order valence-electron chi connectivity index (χ2n) is 3.52. The van der Waals surface area contributed by atoms with Gasteiger partial charge in [0.2, 0.25) is 0 Å². The molecule has 0 radical (unpaired) electrons. The molecular weight excluding hydrogens is 325 g/mol. The maximum atomic E-state index is 13.2. The predicted octanol–water partition coefficient (Wildman–Crippen LogP) is 4.59. The molecule has 0 aliphatic carbocycles. The van der Waals surface area contributed by atoms with Crippen molar-refractivity contribution in [2.24, 2.45) is 0 Å². The van der Waals surface area contributed by atoms with Crippen molar-refractivity contribution in [1.82, 2.24) is 5.32 Å². The highest BCUT2D eigenvalue weighted by molar-refractivity contribution is 9.11. The lowest BCUT2D eigenvalue weighted by molar-refractivity contribution is 0.621. The molecule has 0 fully saturated rings. The van der Waals surface area contributed by atoms with Gasteiger partial charge in [0.05, 0.1) is 8.81 Å². The van der Waals surface area contributed by atoms with Gasteiger partial charge in [0, 0.05) is 18.0 Å². The van der Waals surface area contributed by atoms with E-state index in [1.807, 2.05) is 12.1 Å². The first-order valence-corrected chi connectivity index (χ1v) is 7.03. The Morgan fingerprint density at radius 1 is 1.24 bits per heavy atom. The molecule has 5 heteroatoms.